The van der Waals surface area contributed by atoms with E-state index >= 15 is 0 Å². The zero-order valence-electron chi connectivity index (χ0n) is 12.0. The van der Waals surface area contributed by atoms with Crippen molar-refractivity contribution in [3.63, 3.8) is 0 Å². The SMILES string of the molecule is CCOC(=O)Cc1csc(S[C@@H](C)C(=O)NC(=O)NC)n1. The van der Waals surface area contributed by atoms with Crippen LogP contribution in [-0.4, -0.2) is 41.8 Å². The number of aromatic nitrogens is 1. The number of urea groups is 1. The van der Waals surface area contributed by atoms with Crippen molar-refractivity contribution in [2.75, 3.05) is 13.7 Å². The van der Waals surface area contributed by atoms with Gasteiger partial charge >= 0.3 is 12.0 Å². The summed E-state index contributed by atoms with van der Waals surface area (Å²) < 4.78 is 5.50. The van der Waals surface area contributed by atoms with Gasteiger partial charge in [0.2, 0.25) is 5.91 Å². The van der Waals surface area contributed by atoms with E-state index in [-0.39, 0.29) is 12.4 Å². The smallest absolute Gasteiger partial charge is 0.321 e. The van der Waals surface area contributed by atoms with Gasteiger partial charge in [0.05, 0.1) is 24.0 Å². The molecule has 0 aliphatic carbocycles. The molecule has 0 fully saturated rings. The Bertz CT molecular complexity index is 518. The van der Waals surface area contributed by atoms with Crippen molar-refractivity contribution < 1.29 is 19.1 Å². The average Bonchev–Trinajstić information content (AvgIpc) is 2.85. The van der Waals surface area contributed by atoms with Gasteiger partial charge in [0.25, 0.3) is 0 Å². The number of amides is 3. The topological polar surface area (TPSA) is 97.4 Å². The third-order valence-corrected chi connectivity index (χ3v) is 4.39. The highest BCUT2D eigenvalue weighted by Gasteiger charge is 2.18. The van der Waals surface area contributed by atoms with Gasteiger partial charge in [-0.3, -0.25) is 14.9 Å². The van der Waals surface area contributed by atoms with Crippen molar-refractivity contribution in [3.05, 3.63) is 11.1 Å². The highest BCUT2D eigenvalue weighted by atomic mass is 32.2. The summed E-state index contributed by atoms with van der Waals surface area (Å²) in [4.78, 5) is 38.3. The van der Waals surface area contributed by atoms with Crippen LogP contribution in [0.15, 0.2) is 9.72 Å². The van der Waals surface area contributed by atoms with Gasteiger partial charge in [-0.15, -0.1) is 11.3 Å². The number of imide groups is 1. The fourth-order valence-electron chi connectivity index (χ4n) is 1.26. The van der Waals surface area contributed by atoms with E-state index in [9.17, 15) is 14.4 Å². The largest absolute Gasteiger partial charge is 0.466 e. The Kier molecular flexibility index (Phi) is 7.17. The van der Waals surface area contributed by atoms with Crippen LogP contribution < -0.4 is 10.6 Å². The Balaban J connectivity index is 2.52. The minimum absolute atomic E-state index is 0.115. The zero-order chi connectivity index (χ0) is 15.8. The van der Waals surface area contributed by atoms with Gasteiger partial charge in [0, 0.05) is 12.4 Å². The number of hydrogen-bond donors (Lipinski definition) is 2. The Morgan fingerprint density at radius 3 is 2.81 bits per heavy atom. The molecule has 0 aliphatic heterocycles. The molecule has 9 heteroatoms. The van der Waals surface area contributed by atoms with Crippen LogP contribution in [0, 0.1) is 0 Å². The molecule has 0 aromatic carbocycles. The number of ether oxygens (including phenoxy) is 1. The van der Waals surface area contributed by atoms with E-state index in [0.29, 0.717) is 16.6 Å². The van der Waals surface area contributed by atoms with E-state index < -0.39 is 17.2 Å². The number of nitrogens with one attached hydrogen (secondary N) is 2. The number of hydrogen-bond acceptors (Lipinski definition) is 7. The van der Waals surface area contributed by atoms with Gasteiger partial charge in [0.1, 0.15) is 0 Å². The third kappa shape index (κ3) is 6.13. The fourth-order valence-corrected chi connectivity index (χ4v) is 3.25. The van der Waals surface area contributed by atoms with Gasteiger partial charge in [-0.25, -0.2) is 9.78 Å². The Labute approximate surface area is 130 Å². The first-order chi connectivity index (χ1) is 9.96. The maximum Gasteiger partial charge on any atom is 0.321 e. The number of thioether (sulfide) groups is 1. The Hall–Kier alpha value is -1.61. The zero-order valence-corrected chi connectivity index (χ0v) is 13.6. The molecule has 0 saturated heterocycles. The van der Waals surface area contributed by atoms with Gasteiger partial charge in [-0.2, -0.15) is 0 Å². The van der Waals surface area contributed by atoms with Crippen molar-refractivity contribution >= 4 is 41.0 Å². The van der Waals surface area contributed by atoms with Crippen LogP contribution in [0.1, 0.15) is 19.5 Å². The van der Waals surface area contributed by atoms with E-state index in [4.69, 9.17) is 4.74 Å². The maximum atomic E-state index is 11.7. The monoisotopic (exact) mass is 331 g/mol. The van der Waals surface area contributed by atoms with E-state index in [0.717, 1.165) is 0 Å². The van der Waals surface area contributed by atoms with E-state index in [2.05, 4.69) is 15.6 Å². The molecule has 1 rings (SSSR count). The van der Waals surface area contributed by atoms with Crippen LogP contribution >= 0.6 is 23.1 Å². The van der Waals surface area contributed by atoms with Gasteiger partial charge < -0.3 is 10.1 Å². The molecule has 0 saturated carbocycles. The van der Waals surface area contributed by atoms with Crippen molar-refractivity contribution in [1.29, 1.82) is 0 Å². The molecule has 21 heavy (non-hydrogen) atoms. The Morgan fingerprint density at radius 2 is 2.19 bits per heavy atom. The summed E-state index contributed by atoms with van der Waals surface area (Å²) in [5.41, 5.74) is 0.611. The first kappa shape index (κ1) is 17.4. The Morgan fingerprint density at radius 1 is 1.48 bits per heavy atom. The van der Waals surface area contributed by atoms with Crippen molar-refractivity contribution in [2.45, 2.75) is 29.9 Å². The van der Waals surface area contributed by atoms with Crippen molar-refractivity contribution in [3.8, 4) is 0 Å². The standard InChI is InChI=1S/C12H17N3O4S2/c1-4-19-9(16)5-8-6-20-12(14-8)21-7(2)10(17)15-11(18)13-3/h6-7H,4-5H2,1-3H3,(H2,13,15,17,18)/t7-/m0/s1. The molecule has 7 nitrogen and oxygen atoms in total. The van der Waals surface area contributed by atoms with Gasteiger partial charge in [0.15, 0.2) is 4.34 Å². The van der Waals surface area contributed by atoms with Crippen LogP contribution in [0.2, 0.25) is 0 Å². The number of thiazole rings is 1. The van der Waals surface area contributed by atoms with Crippen LogP contribution in [0.25, 0.3) is 0 Å². The van der Waals surface area contributed by atoms with Crippen LogP contribution in [0.5, 0.6) is 0 Å². The third-order valence-electron chi connectivity index (χ3n) is 2.27. The van der Waals surface area contributed by atoms with Gasteiger partial charge in [-0.05, 0) is 13.8 Å². The lowest BCUT2D eigenvalue weighted by Crippen LogP contribution is -2.41. The summed E-state index contributed by atoms with van der Waals surface area (Å²) in [6.45, 7) is 3.75. The van der Waals surface area contributed by atoms with E-state index in [1.54, 1.807) is 19.2 Å². The highest BCUT2D eigenvalue weighted by molar-refractivity contribution is 8.02. The summed E-state index contributed by atoms with van der Waals surface area (Å²) >= 11 is 2.57. The lowest BCUT2D eigenvalue weighted by molar-refractivity contribution is -0.142. The van der Waals surface area contributed by atoms with E-state index in [1.165, 1.54) is 30.1 Å². The first-order valence-electron chi connectivity index (χ1n) is 6.25. The molecular weight excluding hydrogens is 314 g/mol. The number of rotatable bonds is 6. The summed E-state index contributed by atoms with van der Waals surface area (Å²) in [6.07, 6.45) is 0.115. The lowest BCUT2D eigenvalue weighted by Gasteiger charge is -2.08. The minimum atomic E-state index is -0.547. The lowest BCUT2D eigenvalue weighted by atomic mass is 10.3. The van der Waals surface area contributed by atoms with Gasteiger partial charge in [-0.1, -0.05) is 11.8 Å². The van der Waals surface area contributed by atoms with Crippen LogP contribution in [-0.2, 0) is 20.7 Å². The molecule has 0 unspecified atom stereocenters. The quantitative estimate of drug-likeness (QED) is 0.600. The molecule has 1 aromatic rings. The normalized spacial score (nSPS) is 11.6. The minimum Gasteiger partial charge on any atom is -0.466 e. The highest BCUT2D eigenvalue weighted by Crippen LogP contribution is 2.27. The molecule has 0 aliphatic rings. The summed E-state index contributed by atoms with van der Waals surface area (Å²) in [6, 6.07) is -0.547. The maximum absolute atomic E-state index is 11.7. The molecule has 0 radical (unpaired) electrons. The number of carbonyl (C=O) groups excluding carboxylic acids is 3. The first-order valence-corrected chi connectivity index (χ1v) is 8.01. The second-order valence-corrected chi connectivity index (χ2v) is 6.36. The molecule has 1 heterocycles. The molecule has 116 valence electrons. The predicted molar refractivity (Wildman–Crippen MR) is 80.4 cm³/mol. The summed E-state index contributed by atoms with van der Waals surface area (Å²) in [7, 11) is 1.43. The van der Waals surface area contributed by atoms with Crippen LogP contribution in [0.3, 0.4) is 0 Å². The van der Waals surface area contributed by atoms with E-state index in [1.807, 2.05) is 0 Å². The van der Waals surface area contributed by atoms with Crippen molar-refractivity contribution in [2.24, 2.45) is 0 Å². The summed E-state index contributed by atoms with van der Waals surface area (Å²) in [5.74, 6) is -0.730. The second-order valence-electron chi connectivity index (χ2n) is 3.92. The average molecular weight is 331 g/mol. The summed E-state index contributed by atoms with van der Waals surface area (Å²) in [5, 5.41) is 5.79. The number of carbonyl (C=O) groups is 3. The molecule has 0 bridgehead atoms. The fraction of sp³-hybridized carbons (Fsp3) is 0.500. The number of esters is 1. The molecule has 1 atom stereocenters. The number of nitrogens with zero attached hydrogens (tertiary/aromatic N) is 1. The van der Waals surface area contributed by atoms with Crippen LogP contribution in [0.4, 0.5) is 4.79 Å². The molecule has 1 aromatic heterocycles. The second kappa shape index (κ2) is 8.63. The molecule has 0 spiro atoms. The van der Waals surface area contributed by atoms with Crippen molar-refractivity contribution in [1.82, 2.24) is 15.6 Å². The molecule has 3 amide bonds. The molecule has 2 N–H and O–H groups in total. The predicted octanol–water partition coefficient (Wildman–Crippen LogP) is 1.18. The molecular formula is C12H17N3O4S2.